The number of carbonyl (C=O) groups excluding carboxylic acids is 1. The maximum atomic E-state index is 11.3. The third kappa shape index (κ3) is 7.32. The molecule has 0 spiro atoms. The van der Waals surface area contributed by atoms with Gasteiger partial charge in [-0.05, 0) is 24.1 Å². The molecular weight excluding hydrogens is 290 g/mol. The second-order valence-corrected chi connectivity index (χ2v) is 5.15. The topological polar surface area (TPSA) is 76.4 Å². The van der Waals surface area contributed by atoms with Crippen molar-refractivity contribution in [2.24, 2.45) is 5.73 Å². The molecular formula is C15H24ClN3O2. The van der Waals surface area contributed by atoms with Gasteiger partial charge in [0.25, 0.3) is 0 Å². The van der Waals surface area contributed by atoms with Crippen molar-refractivity contribution in [2.45, 2.75) is 25.8 Å². The van der Waals surface area contributed by atoms with Crippen LogP contribution < -0.4 is 16.4 Å². The Morgan fingerprint density at radius 1 is 1.43 bits per heavy atom. The van der Waals surface area contributed by atoms with Crippen LogP contribution in [0.3, 0.4) is 0 Å². The largest absolute Gasteiger partial charge is 0.448 e. The second kappa shape index (κ2) is 10.4. The molecule has 0 radical (unpaired) electrons. The first-order valence-corrected chi connectivity index (χ1v) is 7.64. The summed E-state index contributed by atoms with van der Waals surface area (Å²) in [5.74, 6) is 0. The number of nitrogens with one attached hydrogen (secondary N) is 2. The first-order valence-electron chi connectivity index (χ1n) is 7.27. The Bertz CT molecular complexity index is 429. The van der Waals surface area contributed by atoms with E-state index in [-0.39, 0.29) is 12.1 Å². The van der Waals surface area contributed by atoms with Crippen LogP contribution in [-0.2, 0) is 4.74 Å². The minimum absolute atomic E-state index is 0.00421. The van der Waals surface area contributed by atoms with Gasteiger partial charge in [0.15, 0.2) is 0 Å². The second-order valence-electron chi connectivity index (χ2n) is 4.71. The summed E-state index contributed by atoms with van der Waals surface area (Å²) < 4.78 is 5.06. The summed E-state index contributed by atoms with van der Waals surface area (Å²) in [6, 6.07) is 7.55. The van der Waals surface area contributed by atoms with Crippen LogP contribution in [0.15, 0.2) is 24.3 Å². The van der Waals surface area contributed by atoms with Crippen LogP contribution in [0.1, 0.15) is 31.4 Å². The molecule has 0 saturated heterocycles. The fourth-order valence-corrected chi connectivity index (χ4v) is 2.05. The van der Waals surface area contributed by atoms with E-state index in [4.69, 9.17) is 22.1 Å². The molecule has 1 amide bonds. The Labute approximate surface area is 131 Å². The van der Waals surface area contributed by atoms with Gasteiger partial charge in [0.1, 0.15) is 6.61 Å². The fourth-order valence-electron chi connectivity index (χ4n) is 1.86. The Hall–Kier alpha value is -1.30. The molecule has 1 atom stereocenters. The highest BCUT2D eigenvalue weighted by molar-refractivity contribution is 6.30. The number of nitrogens with two attached hydrogens (primary N) is 1. The highest BCUT2D eigenvalue weighted by atomic mass is 35.5. The molecule has 4 N–H and O–H groups in total. The number of unbranched alkanes of at least 4 members (excludes halogenated alkanes) is 1. The number of carbonyl (C=O) groups is 1. The molecule has 0 bridgehead atoms. The summed E-state index contributed by atoms with van der Waals surface area (Å²) in [4.78, 5) is 11.3. The molecule has 0 aromatic heterocycles. The average Bonchev–Trinajstić information content (AvgIpc) is 2.47. The number of amides is 1. The lowest BCUT2D eigenvalue weighted by atomic mass is 10.1. The lowest BCUT2D eigenvalue weighted by Crippen LogP contribution is -2.33. The highest BCUT2D eigenvalue weighted by Crippen LogP contribution is 2.16. The van der Waals surface area contributed by atoms with Crippen LogP contribution in [0.5, 0.6) is 0 Å². The Morgan fingerprint density at radius 2 is 2.24 bits per heavy atom. The van der Waals surface area contributed by atoms with E-state index in [0.29, 0.717) is 31.3 Å². The quantitative estimate of drug-likeness (QED) is 0.612. The van der Waals surface area contributed by atoms with Crippen LogP contribution in [0.2, 0.25) is 5.02 Å². The fraction of sp³-hybridized carbons (Fsp3) is 0.533. The summed E-state index contributed by atoms with van der Waals surface area (Å²) in [7, 11) is 0. The summed E-state index contributed by atoms with van der Waals surface area (Å²) in [5.41, 5.74) is 6.78. The van der Waals surface area contributed by atoms with Crippen molar-refractivity contribution in [3.63, 3.8) is 0 Å². The van der Waals surface area contributed by atoms with Crippen LogP contribution >= 0.6 is 11.6 Å². The van der Waals surface area contributed by atoms with Crippen molar-refractivity contribution in [1.29, 1.82) is 0 Å². The molecule has 1 aromatic carbocycles. The smallest absolute Gasteiger partial charge is 0.407 e. The van der Waals surface area contributed by atoms with E-state index in [2.05, 4.69) is 17.6 Å². The molecule has 1 unspecified atom stereocenters. The lowest BCUT2D eigenvalue weighted by Gasteiger charge is -2.17. The van der Waals surface area contributed by atoms with Crippen LogP contribution in [0, 0.1) is 0 Å². The van der Waals surface area contributed by atoms with Crippen molar-refractivity contribution >= 4 is 17.7 Å². The summed E-state index contributed by atoms with van der Waals surface area (Å²) in [6.07, 6.45) is 1.62. The van der Waals surface area contributed by atoms with Crippen molar-refractivity contribution in [2.75, 3.05) is 26.2 Å². The first kappa shape index (κ1) is 17.8. The van der Waals surface area contributed by atoms with E-state index in [1.807, 2.05) is 24.3 Å². The van der Waals surface area contributed by atoms with Gasteiger partial charge in [0.05, 0.1) is 0 Å². The zero-order chi connectivity index (χ0) is 15.5. The standard InChI is InChI=1S/C15H24ClN3O2/c1-2-3-7-19-15(20)21-9-8-18-14(11-17)12-5-4-6-13(16)10-12/h4-6,10,14,18H,2-3,7-9,11,17H2,1H3,(H,19,20). The Kier molecular flexibility index (Phi) is 8.82. The molecule has 21 heavy (non-hydrogen) atoms. The van der Waals surface area contributed by atoms with Crippen molar-refractivity contribution in [3.05, 3.63) is 34.9 Å². The van der Waals surface area contributed by atoms with Gasteiger partial charge >= 0.3 is 6.09 Å². The zero-order valence-corrected chi connectivity index (χ0v) is 13.2. The van der Waals surface area contributed by atoms with Gasteiger partial charge in [-0.15, -0.1) is 0 Å². The number of ether oxygens (including phenoxy) is 1. The molecule has 0 aliphatic heterocycles. The number of alkyl carbamates (subject to hydrolysis) is 1. The lowest BCUT2D eigenvalue weighted by molar-refractivity contribution is 0.145. The molecule has 0 saturated carbocycles. The van der Waals surface area contributed by atoms with Crippen molar-refractivity contribution in [3.8, 4) is 0 Å². The van der Waals surface area contributed by atoms with Crippen LogP contribution in [-0.4, -0.2) is 32.3 Å². The SMILES string of the molecule is CCCCNC(=O)OCCNC(CN)c1cccc(Cl)c1. The van der Waals surface area contributed by atoms with Crippen molar-refractivity contribution < 1.29 is 9.53 Å². The summed E-state index contributed by atoms with van der Waals surface area (Å²) >= 11 is 5.96. The summed E-state index contributed by atoms with van der Waals surface area (Å²) in [5, 5.41) is 6.62. The van der Waals surface area contributed by atoms with Gasteiger partial charge in [0.2, 0.25) is 0 Å². The van der Waals surface area contributed by atoms with Gasteiger partial charge in [0, 0.05) is 30.7 Å². The predicted octanol–water partition coefficient (Wildman–Crippen LogP) is 2.46. The molecule has 0 aliphatic rings. The van der Waals surface area contributed by atoms with Gasteiger partial charge in [-0.3, -0.25) is 0 Å². The third-order valence-electron chi connectivity index (χ3n) is 3.01. The number of hydrogen-bond donors (Lipinski definition) is 3. The van der Waals surface area contributed by atoms with Crippen LogP contribution in [0.25, 0.3) is 0 Å². The molecule has 0 aliphatic carbocycles. The first-order chi connectivity index (χ1) is 10.2. The molecule has 1 rings (SSSR count). The van der Waals surface area contributed by atoms with Crippen LogP contribution in [0.4, 0.5) is 4.79 Å². The van der Waals surface area contributed by atoms with E-state index in [0.717, 1.165) is 18.4 Å². The number of benzene rings is 1. The van der Waals surface area contributed by atoms with E-state index in [9.17, 15) is 4.79 Å². The number of halogens is 1. The maximum absolute atomic E-state index is 11.3. The number of rotatable bonds is 9. The van der Waals surface area contributed by atoms with Gasteiger partial charge in [-0.1, -0.05) is 37.1 Å². The van der Waals surface area contributed by atoms with Gasteiger partial charge < -0.3 is 21.1 Å². The van der Waals surface area contributed by atoms with E-state index < -0.39 is 0 Å². The average molecular weight is 314 g/mol. The Balaban J connectivity index is 2.25. The monoisotopic (exact) mass is 313 g/mol. The van der Waals surface area contributed by atoms with Crippen molar-refractivity contribution in [1.82, 2.24) is 10.6 Å². The van der Waals surface area contributed by atoms with Gasteiger partial charge in [-0.2, -0.15) is 0 Å². The van der Waals surface area contributed by atoms with Gasteiger partial charge in [-0.25, -0.2) is 4.79 Å². The highest BCUT2D eigenvalue weighted by Gasteiger charge is 2.09. The van der Waals surface area contributed by atoms with E-state index in [1.165, 1.54) is 0 Å². The minimum atomic E-state index is -0.377. The molecule has 0 fully saturated rings. The third-order valence-corrected chi connectivity index (χ3v) is 3.25. The van der Waals surface area contributed by atoms with E-state index in [1.54, 1.807) is 0 Å². The predicted molar refractivity (Wildman–Crippen MR) is 85.5 cm³/mol. The summed E-state index contributed by atoms with van der Waals surface area (Å²) in [6.45, 7) is 4.00. The molecule has 0 heterocycles. The zero-order valence-electron chi connectivity index (χ0n) is 12.4. The Morgan fingerprint density at radius 3 is 2.90 bits per heavy atom. The molecule has 6 heteroatoms. The molecule has 5 nitrogen and oxygen atoms in total. The normalized spacial score (nSPS) is 12.0. The molecule has 1 aromatic rings. The van der Waals surface area contributed by atoms with E-state index >= 15 is 0 Å². The minimum Gasteiger partial charge on any atom is -0.448 e. The maximum Gasteiger partial charge on any atom is 0.407 e. The molecule has 118 valence electrons. The number of hydrogen-bond acceptors (Lipinski definition) is 4.